The van der Waals surface area contributed by atoms with Gasteiger partial charge in [-0.15, -0.1) is 0 Å². The number of hydrogen-bond donors (Lipinski definition) is 2. The lowest BCUT2D eigenvalue weighted by Crippen LogP contribution is -2.46. The number of aromatic hydroxyl groups is 1. The summed E-state index contributed by atoms with van der Waals surface area (Å²) in [6.45, 7) is 1.82. The van der Waals surface area contributed by atoms with Crippen LogP contribution in [0.4, 0.5) is 4.39 Å². The molecule has 0 amide bonds. The number of halogens is 1. The van der Waals surface area contributed by atoms with Crippen LogP contribution >= 0.6 is 0 Å². The molecule has 5 heteroatoms. The van der Waals surface area contributed by atoms with Gasteiger partial charge in [0.15, 0.2) is 0 Å². The van der Waals surface area contributed by atoms with Crippen LogP contribution in [0.2, 0.25) is 0 Å². The Morgan fingerprint density at radius 3 is 2.82 bits per heavy atom. The number of phenols is 1. The summed E-state index contributed by atoms with van der Waals surface area (Å²) in [5.74, 6) is -0.917. The molecule has 1 aliphatic rings. The van der Waals surface area contributed by atoms with Gasteiger partial charge in [0, 0.05) is 25.2 Å². The average molecular weight is 239 g/mol. The zero-order chi connectivity index (χ0) is 12.4. The van der Waals surface area contributed by atoms with E-state index in [9.17, 15) is 14.3 Å². The summed E-state index contributed by atoms with van der Waals surface area (Å²) < 4.78 is 13.0. The van der Waals surface area contributed by atoms with Crippen molar-refractivity contribution < 1.29 is 19.4 Å². The third-order valence-electron chi connectivity index (χ3n) is 2.93. The molecule has 0 aliphatic carbocycles. The molecule has 1 fully saturated rings. The second kappa shape index (κ2) is 4.71. The minimum Gasteiger partial charge on any atom is -0.508 e. The molecule has 0 bridgehead atoms. The quantitative estimate of drug-likeness (QED) is 0.834. The van der Waals surface area contributed by atoms with Crippen LogP contribution in [-0.4, -0.2) is 34.2 Å². The number of benzene rings is 1. The van der Waals surface area contributed by atoms with Crippen molar-refractivity contribution in [2.45, 2.75) is 13.0 Å². The Kier molecular flexibility index (Phi) is 3.28. The summed E-state index contributed by atoms with van der Waals surface area (Å²) >= 11 is 0. The fourth-order valence-electron chi connectivity index (χ4n) is 2.10. The van der Waals surface area contributed by atoms with Gasteiger partial charge >= 0.3 is 5.97 Å². The molecule has 0 spiro atoms. The van der Waals surface area contributed by atoms with Crippen LogP contribution in [0, 0.1) is 11.7 Å². The standard InChI is InChI=1S/C12H14FNO3/c13-10-1-2-11(15)9(4-10)7-14-5-8(6-14)3-12(16)17/h1-2,4,8,15H,3,5-7H2,(H,16,17). The highest BCUT2D eigenvalue weighted by Crippen LogP contribution is 2.25. The van der Waals surface area contributed by atoms with Crippen molar-refractivity contribution in [1.82, 2.24) is 4.90 Å². The first-order valence-corrected chi connectivity index (χ1v) is 5.46. The lowest BCUT2D eigenvalue weighted by atomic mass is 9.95. The third kappa shape index (κ3) is 2.94. The first-order valence-electron chi connectivity index (χ1n) is 5.46. The molecule has 17 heavy (non-hydrogen) atoms. The summed E-state index contributed by atoms with van der Waals surface area (Å²) in [7, 11) is 0. The second-order valence-electron chi connectivity index (χ2n) is 4.43. The highest BCUT2D eigenvalue weighted by molar-refractivity contribution is 5.67. The fourth-order valence-corrected chi connectivity index (χ4v) is 2.10. The van der Waals surface area contributed by atoms with E-state index in [1.165, 1.54) is 18.2 Å². The predicted molar refractivity (Wildman–Crippen MR) is 59.1 cm³/mol. The zero-order valence-electron chi connectivity index (χ0n) is 9.27. The Hall–Kier alpha value is -1.62. The van der Waals surface area contributed by atoms with Gasteiger partial charge in [-0.25, -0.2) is 4.39 Å². The molecule has 1 aromatic rings. The van der Waals surface area contributed by atoms with Crippen molar-refractivity contribution in [1.29, 1.82) is 0 Å². The number of likely N-dealkylation sites (tertiary alicyclic amines) is 1. The van der Waals surface area contributed by atoms with E-state index in [4.69, 9.17) is 5.11 Å². The van der Waals surface area contributed by atoms with E-state index >= 15 is 0 Å². The molecule has 1 heterocycles. The van der Waals surface area contributed by atoms with Crippen molar-refractivity contribution in [3.05, 3.63) is 29.6 Å². The summed E-state index contributed by atoms with van der Waals surface area (Å²) in [5.41, 5.74) is 0.541. The molecule has 0 aromatic heterocycles. The molecule has 0 saturated carbocycles. The normalized spacial score (nSPS) is 16.8. The highest BCUT2D eigenvalue weighted by atomic mass is 19.1. The van der Waals surface area contributed by atoms with Gasteiger partial charge in [-0.1, -0.05) is 0 Å². The monoisotopic (exact) mass is 239 g/mol. The summed E-state index contributed by atoms with van der Waals surface area (Å²) in [4.78, 5) is 12.4. The maximum Gasteiger partial charge on any atom is 0.303 e. The van der Waals surface area contributed by atoms with Gasteiger partial charge in [-0.05, 0) is 24.1 Å². The highest BCUT2D eigenvalue weighted by Gasteiger charge is 2.28. The van der Waals surface area contributed by atoms with Gasteiger partial charge in [0.05, 0.1) is 6.42 Å². The topological polar surface area (TPSA) is 60.8 Å². The van der Waals surface area contributed by atoms with Crippen LogP contribution in [0.25, 0.3) is 0 Å². The molecule has 4 nitrogen and oxygen atoms in total. The number of nitrogens with zero attached hydrogens (tertiary/aromatic N) is 1. The van der Waals surface area contributed by atoms with E-state index in [1.807, 2.05) is 4.90 Å². The Bertz CT molecular complexity index is 430. The van der Waals surface area contributed by atoms with E-state index in [-0.39, 0.29) is 23.9 Å². The number of aliphatic carboxylic acids is 1. The summed E-state index contributed by atoms with van der Waals surface area (Å²) in [5, 5.41) is 18.1. The van der Waals surface area contributed by atoms with Crippen molar-refractivity contribution >= 4 is 5.97 Å². The molecule has 0 unspecified atom stereocenters. The number of carboxylic acid groups (broad SMARTS) is 1. The first kappa shape index (κ1) is 11.9. The SMILES string of the molecule is O=C(O)CC1CN(Cc2cc(F)ccc2O)C1. The van der Waals surface area contributed by atoms with Gasteiger partial charge < -0.3 is 10.2 Å². The first-order chi connectivity index (χ1) is 8.04. The van der Waals surface area contributed by atoms with E-state index in [2.05, 4.69) is 0 Å². The lowest BCUT2D eigenvalue weighted by molar-refractivity contribution is -0.139. The van der Waals surface area contributed by atoms with Crippen molar-refractivity contribution in [3.8, 4) is 5.75 Å². The number of carbonyl (C=O) groups is 1. The van der Waals surface area contributed by atoms with Gasteiger partial charge in [-0.3, -0.25) is 9.69 Å². The maximum absolute atomic E-state index is 13.0. The van der Waals surface area contributed by atoms with Gasteiger partial charge in [0.2, 0.25) is 0 Å². The molecular weight excluding hydrogens is 225 g/mol. The maximum atomic E-state index is 13.0. The fraction of sp³-hybridized carbons (Fsp3) is 0.417. The number of phenolic OH excluding ortho intramolecular Hbond substituents is 1. The van der Waals surface area contributed by atoms with Gasteiger partial charge in [0.1, 0.15) is 11.6 Å². The predicted octanol–water partition coefficient (Wildman–Crippen LogP) is 1.44. The minimum absolute atomic E-state index is 0.0769. The zero-order valence-corrected chi connectivity index (χ0v) is 9.27. The Balaban J connectivity index is 1.87. The molecule has 1 aliphatic heterocycles. The Labute approximate surface area is 98.3 Å². The molecule has 92 valence electrons. The number of hydrogen-bond acceptors (Lipinski definition) is 3. The molecule has 2 N–H and O–H groups in total. The molecule has 2 rings (SSSR count). The van der Waals surface area contributed by atoms with E-state index in [0.29, 0.717) is 25.2 Å². The van der Waals surface area contributed by atoms with E-state index in [0.717, 1.165) is 0 Å². The smallest absolute Gasteiger partial charge is 0.303 e. The van der Waals surface area contributed by atoms with Crippen LogP contribution in [-0.2, 0) is 11.3 Å². The second-order valence-corrected chi connectivity index (χ2v) is 4.43. The lowest BCUT2D eigenvalue weighted by Gasteiger charge is -2.38. The van der Waals surface area contributed by atoms with Crippen LogP contribution in [0.3, 0.4) is 0 Å². The minimum atomic E-state index is -0.789. The summed E-state index contributed by atoms with van der Waals surface area (Å²) in [6.07, 6.45) is 0.172. The average Bonchev–Trinajstić information content (AvgIpc) is 2.19. The van der Waals surface area contributed by atoms with Crippen LogP contribution in [0.1, 0.15) is 12.0 Å². The van der Waals surface area contributed by atoms with Crippen LogP contribution < -0.4 is 0 Å². The van der Waals surface area contributed by atoms with E-state index in [1.54, 1.807) is 0 Å². The van der Waals surface area contributed by atoms with Gasteiger partial charge in [-0.2, -0.15) is 0 Å². The van der Waals surface area contributed by atoms with E-state index < -0.39 is 5.97 Å². The van der Waals surface area contributed by atoms with Crippen LogP contribution in [0.5, 0.6) is 5.75 Å². The van der Waals surface area contributed by atoms with Crippen molar-refractivity contribution in [3.63, 3.8) is 0 Å². The molecular formula is C12H14FNO3. The Morgan fingerprint density at radius 2 is 2.18 bits per heavy atom. The largest absolute Gasteiger partial charge is 0.508 e. The van der Waals surface area contributed by atoms with Crippen molar-refractivity contribution in [2.75, 3.05) is 13.1 Å². The molecule has 1 aromatic carbocycles. The van der Waals surface area contributed by atoms with Crippen molar-refractivity contribution in [2.24, 2.45) is 5.92 Å². The molecule has 0 atom stereocenters. The molecule has 1 saturated heterocycles. The summed E-state index contributed by atoms with van der Waals surface area (Å²) in [6, 6.07) is 3.85. The Morgan fingerprint density at radius 1 is 1.47 bits per heavy atom. The van der Waals surface area contributed by atoms with Gasteiger partial charge in [0.25, 0.3) is 0 Å². The molecule has 0 radical (unpaired) electrons. The number of carboxylic acids is 1. The third-order valence-corrected chi connectivity index (χ3v) is 2.93. The number of rotatable bonds is 4. The van der Waals surface area contributed by atoms with Crippen LogP contribution in [0.15, 0.2) is 18.2 Å².